The van der Waals surface area contributed by atoms with Gasteiger partial charge in [0.1, 0.15) is 5.76 Å². The maximum atomic E-state index is 12.8. The first-order chi connectivity index (χ1) is 12.8. The van der Waals surface area contributed by atoms with E-state index in [4.69, 9.17) is 9.15 Å². The van der Waals surface area contributed by atoms with E-state index >= 15 is 0 Å². The fraction of sp³-hybridized carbons (Fsp3) is 0.750. The number of piperidine rings is 2. The zero-order chi connectivity index (χ0) is 17.8. The molecule has 0 atom stereocenters. The highest BCUT2D eigenvalue weighted by atomic mass is 16.5. The van der Waals surface area contributed by atoms with E-state index in [0.29, 0.717) is 11.8 Å². The van der Waals surface area contributed by atoms with Crippen LogP contribution in [0.25, 0.3) is 0 Å². The normalized spacial score (nSPS) is 24.1. The lowest BCUT2D eigenvalue weighted by atomic mass is 10.0. The summed E-state index contributed by atoms with van der Waals surface area (Å²) in [6.45, 7) is 8.47. The predicted molar refractivity (Wildman–Crippen MR) is 99.2 cm³/mol. The molecule has 3 fully saturated rings. The van der Waals surface area contributed by atoms with Crippen molar-refractivity contribution in [3.05, 3.63) is 23.7 Å². The Morgan fingerprint density at radius 2 is 1.69 bits per heavy atom. The number of ether oxygens (including phenoxy) is 1. The van der Waals surface area contributed by atoms with E-state index in [9.17, 15) is 4.79 Å². The van der Waals surface area contributed by atoms with Crippen molar-refractivity contribution < 1.29 is 13.9 Å². The number of carbonyl (C=O) groups excluding carboxylic acids is 1. The van der Waals surface area contributed by atoms with Gasteiger partial charge in [-0.05, 0) is 50.9 Å². The molecule has 0 aromatic carbocycles. The smallest absolute Gasteiger partial charge is 0.289 e. The number of furan rings is 1. The summed E-state index contributed by atoms with van der Waals surface area (Å²) < 4.78 is 11.3. The minimum Gasteiger partial charge on any atom is -0.455 e. The quantitative estimate of drug-likeness (QED) is 0.823. The molecule has 1 amide bonds. The Hall–Kier alpha value is -1.37. The predicted octanol–water partition coefficient (Wildman–Crippen LogP) is 2.20. The molecule has 0 N–H and O–H groups in total. The SMILES string of the molecule is O=C(c1ccc(CN2CCCCC2)o1)N1CCC(N2CCOCC2)CC1. The van der Waals surface area contributed by atoms with Gasteiger partial charge in [0.05, 0.1) is 19.8 Å². The third kappa shape index (κ3) is 4.30. The second kappa shape index (κ2) is 8.55. The van der Waals surface area contributed by atoms with Crippen LogP contribution in [0.2, 0.25) is 0 Å². The van der Waals surface area contributed by atoms with Crippen molar-refractivity contribution in [2.75, 3.05) is 52.5 Å². The van der Waals surface area contributed by atoms with Gasteiger partial charge in [0.2, 0.25) is 0 Å². The molecule has 0 aliphatic carbocycles. The summed E-state index contributed by atoms with van der Waals surface area (Å²) in [5.74, 6) is 1.47. The lowest BCUT2D eigenvalue weighted by molar-refractivity contribution is 0.00125. The van der Waals surface area contributed by atoms with Crippen LogP contribution in [0.3, 0.4) is 0 Å². The average molecular weight is 361 g/mol. The van der Waals surface area contributed by atoms with Crippen molar-refractivity contribution in [1.82, 2.24) is 14.7 Å². The fourth-order valence-electron chi connectivity index (χ4n) is 4.45. The molecule has 26 heavy (non-hydrogen) atoms. The fourth-order valence-corrected chi connectivity index (χ4v) is 4.45. The van der Waals surface area contributed by atoms with Gasteiger partial charge >= 0.3 is 0 Å². The lowest BCUT2D eigenvalue weighted by Crippen LogP contribution is -2.50. The van der Waals surface area contributed by atoms with Gasteiger partial charge in [-0.3, -0.25) is 14.6 Å². The highest BCUT2D eigenvalue weighted by Crippen LogP contribution is 2.21. The second-order valence-electron chi connectivity index (χ2n) is 7.77. The molecular formula is C20H31N3O3. The first kappa shape index (κ1) is 18.0. The van der Waals surface area contributed by atoms with Crippen molar-refractivity contribution in [3.63, 3.8) is 0 Å². The third-order valence-electron chi connectivity index (χ3n) is 6.01. The van der Waals surface area contributed by atoms with Gasteiger partial charge in [0.15, 0.2) is 5.76 Å². The Bertz CT molecular complexity index is 583. The molecule has 0 radical (unpaired) electrons. The van der Waals surface area contributed by atoms with E-state index in [1.807, 2.05) is 17.0 Å². The number of carbonyl (C=O) groups is 1. The molecule has 0 spiro atoms. The summed E-state index contributed by atoms with van der Waals surface area (Å²) >= 11 is 0. The molecule has 0 saturated carbocycles. The topological polar surface area (TPSA) is 49.2 Å². The largest absolute Gasteiger partial charge is 0.455 e. The van der Waals surface area contributed by atoms with Crippen LogP contribution in [0, 0.1) is 0 Å². The minimum absolute atomic E-state index is 0.0512. The number of likely N-dealkylation sites (tertiary alicyclic amines) is 2. The first-order valence-corrected chi connectivity index (χ1v) is 10.2. The Morgan fingerprint density at radius 3 is 2.42 bits per heavy atom. The van der Waals surface area contributed by atoms with E-state index in [1.165, 1.54) is 19.3 Å². The van der Waals surface area contributed by atoms with Crippen LogP contribution in [0.1, 0.15) is 48.4 Å². The van der Waals surface area contributed by atoms with E-state index in [2.05, 4.69) is 9.80 Å². The van der Waals surface area contributed by atoms with Crippen molar-refractivity contribution in [3.8, 4) is 0 Å². The van der Waals surface area contributed by atoms with Crippen molar-refractivity contribution in [1.29, 1.82) is 0 Å². The van der Waals surface area contributed by atoms with E-state index < -0.39 is 0 Å². The van der Waals surface area contributed by atoms with E-state index in [0.717, 1.165) is 77.6 Å². The van der Waals surface area contributed by atoms with Crippen molar-refractivity contribution >= 4 is 5.91 Å². The first-order valence-electron chi connectivity index (χ1n) is 10.2. The number of rotatable bonds is 4. The molecule has 6 nitrogen and oxygen atoms in total. The number of nitrogens with zero attached hydrogens (tertiary/aromatic N) is 3. The Kier molecular flexibility index (Phi) is 5.92. The molecule has 3 aliphatic heterocycles. The van der Waals surface area contributed by atoms with Crippen molar-refractivity contribution in [2.45, 2.75) is 44.7 Å². The third-order valence-corrected chi connectivity index (χ3v) is 6.01. The summed E-state index contributed by atoms with van der Waals surface area (Å²) in [4.78, 5) is 19.7. The van der Waals surface area contributed by atoms with Crippen LogP contribution >= 0.6 is 0 Å². The summed E-state index contributed by atoms with van der Waals surface area (Å²) in [7, 11) is 0. The van der Waals surface area contributed by atoms with Crippen LogP contribution in [0.4, 0.5) is 0 Å². The molecule has 0 unspecified atom stereocenters. The summed E-state index contributed by atoms with van der Waals surface area (Å²) in [6, 6.07) is 4.42. The summed E-state index contributed by atoms with van der Waals surface area (Å²) in [5.41, 5.74) is 0. The van der Waals surface area contributed by atoms with Gasteiger partial charge in [0.25, 0.3) is 5.91 Å². The van der Waals surface area contributed by atoms with Gasteiger partial charge in [-0.15, -0.1) is 0 Å². The van der Waals surface area contributed by atoms with Crippen LogP contribution in [-0.2, 0) is 11.3 Å². The summed E-state index contributed by atoms with van der Waals surface area (Å²) in [6.07, 6.45) is 5.97. The maximum absolute atomic E-state index is 12.8. The number of morpholine rings is 1. The number of amides is 1. The van der Waals surface area contributed by atoms with Gasteiger partial charge < -0.3 is 14.1 Å². The Labute approximate surface area is 156 Å². The summed E-state index contributed by atoms with van der Waals surface area (Å²) in [5, 5.41) is 0. The molecule has 144 valence electrons. The molecule has 6 heteroatoms. The highest BCUT2D eigenvalue weighted by Gasteiger charge is 2.29. The maximum Gasteiger partial charge on any atom is 0.289 e. The molecule has 3 saturated heterocycles. The van der Waals surface area contributed by atoms with Crippen LogP contribution in [-0.4, -0.2) is 79.1 Å². The molecular weight excluding hydrogens is 330 g/mol. The van der Waals surface area contributed by atoms with Gasteiger partial charge in [-0.2, -0.15) is 0 Å². The monoisotopic (exact) mass is 361 g/mol. The minimum atomic E-state index is 0.0512. The van der Waals surface area contributed by atoms with E-state index in [1.54, 1.807) is 0 Å². The number of hydrogen-bond acceptors (Lipinski definition) is 5. The molecule has 0 bridgehead atoms. The molecule has 4 rings (SSSR count). The Morgan fingerprint density at radius 1 is 0.962 bits per heavy atom. The molecule has 1 aromatic heterocycles. The standard InChI is InChI=1S/C20H31N3O3/c24-20(19-5-4-18(26-19)16-21-8-2-1-3-9-21)23-10-6-17(7-11-23)22-12-14-25-15-13-22/h4-5,17H,1-3,6-16H2. The lowest BCUT2D eigenvalue weighted by Gasteiger charge is -2.39. The van der Waals surface area contributed by atoms with Crippen molar-refractivity contribution in [2.24, 2.45) is 0 Å². The molecule has 1 aromatic rings. The highest BCUT2D eigenvalue weighted by molar-refractivity contribution is 5.91. The van der Waals surface area contributed by atoms with Crippen LogP contribution < -0.4 is 0 Å². The Balaban J connectivity index is 1.28. The van der Waals surface area contributed by atoms with Gasteiger partial charge in [-0.25, -0.2) is 0 Å². The zero-order valence-corrected chi connectivity index (χ0v) is 15.7. The second-order valence-corrected chi connectivity index (χ2v) is 7.77. The zero-order valence-electron chi connectivity index (χ0n) is 15.7. The van der Waals surface area contributed by atoms with E-state index in [-0.39, 0.29) is 5.91 Å². The number of hydrogen-bond donors (Lipinski definition) is 0. The van der Waals surface area contributed by atoms with Crippen LogP contribution in [0.5, 0.6) is 0 Å². The van der Waals surface area contributed by atoms with Crippen LogP contribution in [0.15, 0.2) is 16.5 Å². The average Bonchev–Trinajstić information content (AvgIpc) is 3.17. The van der Waals surface area contributed by atoms with Gasteiger partial charge in [-0.1, -0.05) is 6.42 Å². The van der Waals surface area contributed by atoms with Gasteiger partial charge in [0, 0.05) is 32.2 Å². The molecule has 4 heterocycles. The molecule has 3 aliphatic rings.